The Morgan fingerprint density at radius 1 is 0.902 bits per heavy atom. The zero-order chi connectivity index (χ0) is 29.1. The van der Waals surface area contributed by atoms with E-state index in [9.17, 15) is 20.1 Å². The minimum absolute atomic E-state index is 0.0818. The van der Waals surface area contributed by atoms with Gasteiger partial charge >= 0.3 is 0 Å². The van der Waals surface area contributed by atoms with Gasteiger partial charge in [0, 0.05) is 30.6 Å². The van der Waals surface area contributed by atoms with Crippen molar-refractivity contribution in [1.82, 2.24) is 0 Å². The smallest absolute Gasteiger partial charge is 0.186 e. The Bertz CT molecular complexity index is 1040. The first-order valence-electron chi connectivity index (χ1n) is 16.5. The van der Waals surface area contributed by atoms with Gasteiger partial charge in [-0.25, -0.2) is 0 Å². The Balaban J connectivity index is 1.19. The molecule has 0 unspecified atom stereocenters. The van der Waals surface area contributed by atoms with Gasteiger partial charge in [-0.15, -0.1) is 0 Å². The van der Waals surface area contributed by atoms with Crippen molar-refractivity contribution in [1.29, 1.82) is 0 Å². The molecule has 0 aromatic rings. The van der Waals surface area contributed by atoms with Crippen LogP contribution in [0, 0.1) is 51.8 Å². The minimum atomic E-state index is -1.34. The molecule has 4 saturated carbocycles. The van der Waals surface area contributed by atoms with Crippen LogP contribution in [0.5, 0.6) is 0 Å². The van der Waals surface area contributed by atoms with Gasteiger partial charge in [0.05, 0.1) is 25.4 Å². The fraction of sp³-hybridized carbons (Fsp3) is 0.970. The van der Waals surface area contributed by atoms with Crippen LogP contribution in [0.1, 0.15) is 92.4 Å². The van der Waals surface area contributed by atoms with Gasteiger partial charge in [0.1, 0.15) is 24.1 Å². The van der Waals surface area contributed by atoms with E-state index in [-0.39, 0.29) is 35.4 Å². The summed E-state index contributed by atoms with van der Waals surface area (Å²) >= 11 is 0. The number of carbonyl (C=O) groups is 1. The zero-order valence-electron chi connectivity index (χ0n) is 25.6. The third-order valence-corrected chi connectivity index (χ3v) is 14.3. The molecule has 3 aliphatic heterocycles. The lowest BCUT2D eigenvalue weighted by Crippen LogP contribution is -2.65. The number of carbonyl (C=O) groups excluding carboxylic acids is 1. The topological polar surface area (TPSA) is 115 Å². The fourth-order valence-corrected chi connectivity index (χ4v) is 11.7. The number of hydrogen-bond donors (Lipinski definition) is 3. The number of aliphatic hydroxyl groups is 3. The highest BCUT2D eigenvalue weighted by Gasteiger charge is 2.71. The molecule has 7 rings (SSSR count). The van der Waals surface area contributed by atoms with Crippen molar-refractivity contribution < 1.29 is 39.1 Å². The molecule has 0 aromatic carbocycles. The first kappa shape index (κ1) is 29.1. The highest BCUT2D eigenvalue weighted by Crippen LogP contribution is 2.73. The molecule has 3 N–H and O–H groups in total. The van der Waals surface area contributed by atoms with Crippen LogP contribution in [0.2, 0.25) is 0 Å². The van der Waals surface area contributed by atoms with Crippen LogP contribution in [0.15, 0.2) is 0 Å². The lowest BCUT2D eigenvalue weighted by molar-refractivity contribution is -0.317. The highest BCUT2D eigenvalue weighted by molar-refractivity contribution is 5.80. The van der Waals surface area contributed by atoms with E-state index in [2.05, 4.69) is 34.6 Å². The Labute approximate surface area is 244 Å². The summed E-state index contributed by atoms with van der Waals surface area (Å²) in [6.07, 6.45) is 3.35. The number of ether oxygens (including phenoxy) is 4. The van der Waals surface area contributed by atoms with Gasteiger partial charge in [0.2, 0.25) is 0 Å². The lowest BCUT2D eigenvalue weighted by Gasteiger charge is -2.66. The van der Waals surface area contributed by atoms with Gasteiger partial charge in [-0.1, -0.05) is 34.6 Å². The van der Waals surface area contributed by atoms with E-state index in [0.717, 1.165) is 45.1 Å². The summed E-state index contributed by atoms with van der Waals surface area (Å²) in [6.45, 7) is 12.5. The van der Waals surface area contributed by atoms with E-state index in [1.165, 1.54) is 6.42 Å². The molecule has 3 heterocycles. The predicted octanol–water partition coefficient (Wildman–Crippen LogP) is 3.83. The number of fused-ring (bicyclic) bond motifs is 7. The zero-order valence-corrected chi connectivity index (χ0v) is 25.6. The molecule has 41 heavy (non-hydrogen) atoms. The van der Waals surface area contributed by atoms with E-state index >= 15 is 0 Å². The number of ketones is 1. The molecule has 232 valence electrons. The molecular formula is C33H52O8. The Kier molecular flexibility index (Phi) is 6.88. The van der Waals surface area contributed by atoms with Gasteiger partial charge in [-0.3, -0.25) is 4.79 Å². The summed E-state index contributed by atoms with van der Waals surface area (Å²) in [5.74, 6) is 2.67. The normalized spacial score (nSPS) is 60.3. The van der Waals surface area contributed by atoms with Crippen molar-refractivity contribution >= 4 is 5.78 Å². The van der Waals surface area contributed by atoms with Crippen LogP contribution in [-0.2, 0) is 23.7 Å². The maximum Gasteiger partial charge on any atom is 0.186 e. The van der Waals surface area contributed by atoms with E-state index in [1.54, 1.807) is 0 Å². The van der Waals surface area contributed by atoms with Gasteiger partial charge in [-0.2, -0.15) is 0 Å². The van der Waals surface area contributed by atoms with Gasteiger partial charge in [0.15, 0.2) is 12.1 Å². The van der Waals surface area contributed by atoms with Crippen LogP contribution in [0.4, 0.5) is 0 Å². The quantitative estimate of drug-likeness (QED) is 0.425. The molecule has 7 aliphatic rings. The molecule has 0 bridgehead atoms. The van der Waals surface area contributed by atoms with Gasteiger partial charge < -0.3 is 34.3 Å². The monoisotopic (exact) mass is 576 g/mol. The summed E-state index contributed by atoms with van der Waals surface area (Å²) in [6, 6.07) is 0. The first-order valence-corrected chi connectivity index (χ1v) is 16.5. The van der Waals surface area contributed by atoms with Crippen LogP contribution in [0.25, 0.3) is 0 Å². The second kappa shape index (κ2) is 9.69. The van der Waals surface area contributed by atoms with Crippen molar-refractivity contribution in [3.05, 3.63) is 0 Å². The molecule has 3 saturated heterocycles. The van der Waals surface area contributed by atoms with Crippen molar-refractivity contribution in [2.75, 3.05) is 13.2 Å². The maximum atomic E-state index is 13.0. The molecule has 7 fully saturated rings. The predicted molar refractivity (Wildman–Crippen MR) is 149 cm³/mol. The SMILES string of the molecule is C[C@H]1CC[C@@]2(OC1)O[C@H]1C[C@@H]3[C@H]4C[C@H](O[C@@H]5OC[C@@H](O)[C@H](O)[C@H]5O)[C@@]5(C)CC(=O)CC[C@]5(C)[C@@H]4CC[C@]3(C)[C@H]1[C@@H]2C. The Hall–Kier alpha value is -0.610. The van der Waals surface area contributed by atoms with Crippen molar-refractivity contribution in [3.8, 4) is 0 Å². The van der Waals surface area contributed by atoms with Crippen molar-refractivity contribution in [2.24, 2.45) is 51.8 Å². The molecule has 8 nitrogen and oxygen atoms in total. The molecule has 0 aromatic heterocycles. The van der Waals surface area contributed by atoms with Gasteiger partial charge in [0.25, 0.3) is 0 Å². The average Bonchev–Trinajstić information content (AvgIpc) is 3.37. The highest BCUT2D eigenvalue weighted by atomic mass is 16.7. The molecule has 0 amide bonds. The number of aliphatic hydroxyl groups excluding tert-OH is 3. The lowest BCUT2D eigenvalue weighted by atomic mass is 9.39. The third-order valence-electron chi connectivity index (χ3n) is 14.3. The molecule has 8 heteroatoms. The second-order valence-corrected chi connectivity index (χ2v) is 16.1. The summed E-state index contributed by atoms with van der Waals surface area (Å²) in [5, 5.41) is 31.2. The molecule has 16 atom stereocenters. The van der Waals surface area contributed by atoms with E-state index in [1.807, 2.05) is 0 Å². The van der Waals surface area contributed by atoms with Crippen LogP contribution < -0.4 is 0 Å². The average molecular weight is 577 g/mol. The summed E-state index contributed by atoms with van der Waals surface area (Å²) in [7, 11) is 0. The fourth-order valence-electron chi connectivity index (χ4n) is 11.7. The summed E-state index contributed by atoms with van der Waals surface area (Å²) < 4.78 is 25.9. The summed E-state index contributed by atoms with van der Waals surface area (Å²) in [4.78, 5) is 13.0. The first-order chi connectivity index (χ1) is 19.3. The Morgan fingerprint density at radius 3 is 2.41 bits per heavy atom. The van der Waals surface area contributed by atoms with E-state index in [4.69, 9.17) is 18.9 Å². The standard InChI is InChI=1S/C33H52O8/c1-17-6-11-33(39-15-17)18(2)26-24(41-33)13-22-20-12-25(40-29-28(37)27(36)23(35)16-38-29)32(5)14-19(34)7-10-31(32,4)21(20)8-9-30(22,26)3/h17-18,20-29,35-37H,6-16H2,1-5H3/t17-,18-,20-,21+,22+,23+,24-,25-,26-,27-,28+,29-,30-,31+,32+,33+/m0/s1. The summed E-state index contributed by atoms with van der Waals surface area (Å²) in [5.41, 5.74) is -0.320. The van der Waals surface area contributed by atoms with Crippen LogP contribution in [-0.4, -0.2) is 76.9 Å². The maximum absolute atomic E-state index is 13.0. The number of hydrogen-bond acceptors (Lipinski definition) is 8. The van der Waals surface area contributed by atoms with Crippen LogP contribution in [0.3, 0.4) is 0 Å². The van der Waals surface area contributed by atoms with Crippen molar-refractivity contribution in [2.45, 2.75) is 135 Å². The molecule has 4 aliphatic carbocycles. The van der Waals surface area contributed by atoms with Crippen molar-refractivity contribution in [3.63, 3.8) is 0 Å². The molecule has 1 spiro atoms. The third kappa shape index (κ3) is 4.00. The molecule has 0 radical (unpaired) electrons. The van der Waals surface area contributed by atoms with E-state index < -0.39 is 35.8 Å². The van der Waals surface area contributed by atoms with Gasteiger partial charge in [-0.05, 0) is 78.9 Å². The minimum Gasteiger partial charge on any atom is -0.388 e. The number of rotatable bonds is 2. The Morgan fingerprint density at radius 2 is 1.68 bits per heavy atom. The largest absolute Gasteiger partial charge is 0.388 e. The second-order valence-electron chi connectivity index (χ2n) is 16.1. The molecular weight excluding hydrogens is 524 g/mol. The number of Topliss-reactive ketones (excluding diaryl/α,β-unsaturated/α-hetero) is 1. The van der Waals surface area contributed by atoms with E-state index in [0.29, 0.717) is 48.3 Å². The van der Waals surface area contributed by atoms with Crippen LogP contribution >= 0.6 is 0 Å².